The number of hydrogen-bond acceptors (Lipinski definition) is 6. The Morgan fingerprint density at radius 1 is 1.00 bits per heavy atom. The first-order valence-corrected chi connectivity index (χ1v) is 8.75. The summed E-state index contributed by atoms with van der Waals surface area (Å²) in [5, 5.41) is 6.79. The minimum absolute atomic E-state index is 0.160. The molecule has 3 rings (SSSR count). The van der Waals surface area contributed by atoms with Gasteiger partial charge in [0.2, 0.25) is 5.76 Å². The van der Waals surface area contributed by atoms with E-state index < -0.39 is 0 Å². The summed E-state index contributed by atoms with van der Waals surface area (Å²) in [6.45, 7) is 0.374. The molecule has 3 aromatic rings. The number of benzene rings is 2. The third kappa shape index (κ3) is 4.25. The Morgan fingerprint density at radius 2 is 1.68 bits per heavy atom. The van der Waals surface area contributed by atoms with E-state index in [1.54, 1.807) is 39.5 Å². The predicted molar refractivity (Wildman–Crippen MR) is 104 cm³/mol. The maximum Gasteiger partial charge on any atom is 0.289 e. The van der Waals surface area contributed by atoms with Crippen LogP contribution in [0.5, 0.6) is 17.2 Å². The number of aromatic nitrogens is 1. The minimum atomic E-state index is -0.332. The summed E-state index contributed by atoms with van der Waals surface area (Å²) in [6, 6.07) is 14.7. The summed E-state index contributed by atoms with van der Waals surface area (Å²) in [5.41, 5.74) is 2.34. The summed E-state index contributed by atoms with van der Waals surface area (Å²) in [4.78, 5) is 12.4. The van der Waals surface area contributed by atoms with Crippen molar-refractivity contribution in [1.29, 1.82) is 0 Å². The summed E-state index contributed by atoms with van der Waals surface area (Å²) in [6.07, 6.45) is 0.516. The van der Waals surface area contributed by atoms with E-state index >= 15 is 0 Å². The average Bonchev–Trinajstić information content (AvgIpc) is 3.24. The molecule has 0 atom stereocenters. The molecule has 1 aromatic heterocycles. The molecule has 28 heavy (non-hydrogen) atoms. The zero-order chi connectivity index (χ0) is 19.9. The number of nitrogens with one attached hydrogen (secondary N) is 1. The van der Waals surface area contributed by atoms with E-state index in [1.165, 1.54) is 0 Å². The molecule has 0 unspecified atom stereocenters. The zero-order valence-electron chi connectivity index (χ0n) is 16.0. The highest BCUT2D eigenvalue weighted by atomic mass is 16.5. The smallest absolute Gasteiger partial charge is 0.289 e. The first-order valence-electron chi connectivity index (χ1n) is 8.75. The molecule has 0 spiro atoms. The van der Waals surface area contributed by atoms with Crippen LogP contribution in [0.25, 0.3) is 11.3 Å². The van der Waals surface area contributed by atoms with Crippen LogP contribution in [-0.4, -0.2) is 38.9 Å². The average molecular weight is 382 g/mol. The normalized spacial score (nSPS) is 10.4. The van der Waals surface area contributed by atoms with Gasteiger partial charge in [0, 0.05) is 35.9 Å². The number of nitrogens with zero attached hydrogens (tertiary/aromatic N) is 1. The Kier molecular flexibility index (Phi) is 6.16. The molecule has 0 aliphatic carbocycles. The van der Waals surface area contributed by atoms with Crippen LogP contribution in [0, 0.1) is 0 Å². The summed E-state index contributed by atoms with van der Waals surface area (Å²) < 4.78 is 21.3. The third-order valence-corrected chi connectivity index (χ3v) is 4.28. The van der Waals surface area contributed by atoms with Crippen molar-refractivity contribution in [2.24, 2.45) is 0 Å². The van der Waals surface area contributed by atoms with E-state index in [0.717, 1.165) is 11.1 Å². The standard InChI is InChI=1S/C21H22N2O5/c1-25-15-11-18(26-2)16(19(12-15)27-3)9-10-22-21(24)20-13-17(23-28-20)14-7-5-4-6-8-14/h4-8,11-13H,9-10H2,1-3H3,(H,22,24). The molecule has 2 aromatic carbocycles. The summed E-state index contributed by atoms with van der Waals surface area (Å²) >= 11 is 0. The van der Waals surface area contributed by atoms with Gasteiger partial charge in [0.05, 0.1) is 21.3 Å². The van der Waals surface area contributed by atoms with Gasteiger partial charge in [-0.1, -0.05) is 35.5 Å². The van der Waals surface area contributed by atoms with Crippen LogP contribution in [0.2, 0.25) is 0 Å². The van der Waals surface area contributed by atoms with Gasteiger partial charge in [-0.05, 0) is 6.42 Å². The molecule has 0 fully saturated rings. The van der Waals surface area contributed by atoms with Crippen molar-refractivity contribution < 1.29 is 23.5 Å². The van der Waals surface area contributed by atoms with Crippen molar-refractivity contribution in [1.82, 2.24) is 10.5 Å². The third-order valence-electron chi connectivity index (χ3n) is 4.28. The fourth-order valence-electron chi connectivity index (χ4n) is 2.84. The number of carbonyl (C=O) groups is 1. The van der Waals surface area contributed by atoms with Gasteiger partial charge in [0.15, 0.2) is 0 Å². The topological polar surface area (TPSA) is 82.8 Å². The van der Waals surface area contributed by atoms with E-state index in [0.29, 0.717) is 35.9 Å². The second kappa shape index (κ2) is 8.94. The molecule has 7 nitrogen and oxygen atoms in total. The van der Waals surface area contributed by atoms with Crippen molar-refractivity contribution in [3.63, 3.8) is 0 Å². The van der Waals surface area contributed by atoms with E-state index in [-0.39, 0.29) is 11.7 Å². The van der Waals surface area contributed by atoms with Gasteiger partial charge in [-0.2, -0.15) is 0 Å². The second-order valence-corrected chi connectivity index (χ2v) is 5.96. The van der Waals surface area contributed by atoms with Crippen LogP contribution in [-0.2, 0) is 6.42 Å². The lowest BCUT2D eigenvalue weighted by Crippen LogP contribution is -2.25. The molecular weight excluding hydrogens is 360 g/mol. The molecule has 146 valence electrons. The number of carbonyl (C=O) groups excluding carboxylic acids is 1. The van der Waals surface area contributed by atoms with E-state index in [4.69, 9.17) is 18.7 Å². The monoisotopic (exact) mass is 382 g/mol. The minimum Gasteiger partial charge on any atom is -0.496 e. The van der Waals surface area contributed by atoms with E-state index in [2.05, 4.69) is 10.5 Å². The Hall–Kier alpha value is -3.48. The lowest BCUT2D eigenvalue weighted by Gasteiger charge is -2.15. The molecule has 0 saturated carbocycles. The van der Waals surface area contributed by atoms with Gasteiger partial charge < -0.3 is 24.1 Å². The van der Waals surface area contributed by atoms with Gasteiger partial charge in [-0.25, -0.2) is 0 Å². The van der Waals surface area contributed by atoms with Gasteiger partial charge in [-0.3, -0.25) is 4.79 Å². The van der Waals surface area contributed by atoms with Crippen LogP contribution in [0.1, 0.15) is 16.1 Å². The molecule has 0 bridgehead atoms. The van der Waals surface area contributed by atoms with Crippen LogP contribution >= 0.6 is 0 Å². The van der Waals surface area contributed by atoms with Crippen molar-refractivity contribution in [3.8, 4) is 28.5 Å². The molecule has 1 N–H and O–H groups in total. The first-order chi connectivity index (χ1) is 13.7. The Balaban J connectivity index is 1.65. The molecule has 0 radical (unpaired) electrons. The van der Waals surface area contributed by atoms with Crippen molar-refractivity contribution in [3.05, 3.63) is 59.9 Å². The number of methoxy groups -OCH3 is 3. The highest BCUT2D eigenvalue weighted by Crippen LogP contribution is 2.34. The van der Waals surface area contributed by atoms with Gasteiger partial charge in [0.1, 0.15) is 22.9 Å². The van der Waals surface area contributed by atoms with Gasteiger partial charge in [-0.15, -0.1) is 0 Å². The number of rotatable bonds is 8. The molecule has 0 saturated heterocycles. The quantitative estimate of drug-likeness (QED) is 0.643. The van der Waals surface area contributed by atoms with E-state index in [9.17, 15) is 4.79 Å². The van der Waals surface area contributed by atoms with Crippen molar-refractivity contribution in [2.75, 3.05) is 27.9 Å². The maximum atomic E-state index is 12.4. The lowest BCUT2D eigenvalue weighted by atomic mass is 10.1. The molecular formula is C21H22N2O5. The maximum absolute atomic E-state index is 12.4. The molecule has 0 aliphatic rings. The highest BCUT2D eigenvalue weighted by Gasteiger charge is 2.16. The van der Waals surface area contributed by atoms with Gasteiger partial charge >= 0.3 is 0 Å². The van der Waals surface area contributed by atoms with Crippen LogP contribution in [0.3, 0.4) is 0 Å². The Labute approximate surface area is 163 Å². The van der Waals surface area contributed by atoms with E-state index in [1.807, 2.05) is 30.3 Å². The second-order valence-electron chi connectivity index (χ2n) is 5.96. The lowest BCUT2D eigenvalue weighted by molar-refractivity contribution is 0.0917. The SMILES string of the molecule is COc1cc(OC)c(CCNC(=O)c2cc(-c3ccccc3)no2)c(OC)c1. The molecule has 0 aliphatic heterocycles. The van der Waals surface area contributed by atoms with Gasteiger partial charge in [0.25, 0.3) is 5.91 Å². The fourth-order valence-corrected chi connectivity index (χ4v) is 2.84. The van der Waals surface area contributed by atoms with Crippen molar-refractivity contribution in [2.45, 2.75) is 6.42 Å². The zero-order valence-corrected chi connectivity index (χ0v) is 16.0. The number of ether oxygens (including phenoxy) is 3. The predicted octanol–water partition coefficient (Wildman–Crippen LogP) is 3.34. The number of hydrogen-bond donors (Lipinski definition) is 1. The molecule has 1 amide bonds. The van der Waals surface area contributed by atoms with Crippen LogP contribution in [0.15, 0.2) is 53.1 Å². The first kappa shape index (κ1) is 19.3. The summed E-state index contributed by atoms with van der Waals surface area (Å²) in [5.74, 6) is 1.73. The summed E-state index contributed by atoms with van der Waals surface area (Å²) in [7, 11) is 4.74. The number of amides is 1. The Morgan fingerprint density at radius 3 is 2.29 bits per heavy atom. The largest absolute Gasteiger partial charge is 0.496 e. The Bertz CT molecular complexity index is 912. The van der Waals surface area contributed by atoms with Crippen LogP contribution < -0.4 is 19.5 Å². The fraction of sp³-hybridized carbons (Fsp3) is 0.238. The highest BCUT2D eigenvalue weighted by molar-refractivity contribution is 5.92. The van der Waals surface area contributed by atoms with Crippen LogP contribution in [0.4, 0.5) is 0 Å². The van der Waals surface area contributed by atoms with Crippen molar-refractivity contribution >= 4 is 5.91 Å². The molecule has 7 heteroatoms. The molecule has 1 heterocycles.